The number of amides is 2. The first-order valence-electron chi connectivity index (χ1n) is 18.7. The monoisotopic (exact) mass is 790 g/mol. The van der Waals surface area contributed by atoms with Crippen LogP contribution in [0.4, 0.5) is 5.82 Å². The molecule has 0 saturated carbocycles. The van der Waals surface area contributed by atoms with E-state index in [4.69, 9.17) is 28.8 Å². The van der Waals surface area contributed by atoms with Gasteiger partial charge in [0.05, 0.1) is 50.6 Å². The summed E-state index contributed by atoms with van der Waals surface area (Å²) in [6.07, 6.45) is 6.41. The average molecular weight is 791 g/mol. The Balaban J connectivity index is 1.57. The lowest BCUT2D eigenvalue weighted by Gasteiger charge is -2.35. The lowest BCUT2D eigenvalue weighted by Crippen LogP contribution is -2.36. The SMILES string of the molecule is CC(C)(CCCCc1cccc(SNc2ccc(C(=O)NCCOCCOCC(=O)NCCOCCOCC(=O)O)cn2)c1)CC(C)(C)C(=O)OC(C)(C)C. The molecule has 0 saturated heterocycles. The number of hydrogen-bond donors (Lipinski definition) is 4. The Bertz CT molecular complexity index is 1460. The van der Waals surface area contributed by atoms with Gasteiger partial charge in [-0.05, 0) is 107 Å². The van der Waals surface area contributed by atoms with Crippen molar-refractivity contribution >= 4 is 41.5 Å². The van der Waals surface area contributed by atoms with E-state index in [2.05, 4.69) is 52.4 Å². The van der Waals surface area contributed by atoms with E-state index in [-0.39, 0.29) is 76.1 Å². The normalized spacial score (nSPS) is 11.9. The minimum absolute atomic E-state index is 0.0182. The highest BCUT2D eigenvalue weighted by Gasteiger charge is 2.37. The first-order valence-corrected chi connectivity index (χ1v) is 19.6. The van der Waals surface area contributed by atoms with E-state index in [1.807, 2.05) is 40.7 Å². The molecule has 0 aliphatic rings. The molecular weight excluding hydrogens is 729 g/mol. The highest BCUT2D eigenvalue weighted by atomic mass is 32.2. The molecule has 15 heteroatoms. The van der Waals surface area contributed by atoms with Crippen LogP contribution in [0.2, 0.25) is 0 Å². The molecule has 4 N–H and O–H groups in total. The van der Waals surface area contributed by atoms with Gasteiger partial charge in [0, 0.05) is 24.2 Å². The zero-order valence-electron chi connectivity index (χ0n) is 33.6. The highest BCUT2D eigenvalue weighted by molar-refractivity contribution is 8.00. The molecule has 0 spiro atoms. The number of benzene rings is 1. The third kappa shape index (κ3) is 22.4. The molecule has 2 rings (SSSR count). The minimum Gasteiger partial charge on any atom is -0.480 e. The molecule has 0 bridgehead atoms. The molecule has 55 heavy (non-hydrogen) atoms. The van der Waals surface area contributed by atoms with E-state index in [0.29, 0.717) is 24.5 Å². The molecule has 2 amide bonds. The van der Waals surface area contributed by atoms with Crippen LogP contribution in [-0.2, 0) is 44.5 Å². The van der Waals surface area contributed by atoms with Gasteiger partial charge in [0.25, 0.3) is 5.91 Å². The highest BCUT2D eigenvalue weighted by Crippen LogP contribution is 2.39. The van der Waals surface area contributed by atoms with Crippen molar-refractivity contribution < 1.29 is 48.0 Å². The number of ether oxygens (including phenoxy) is 5. The van der Waals surface area contributed by atoms with Crippen molar-refractivity contribution in [2.75, 3.05) is 70.7 Å². The second-order valence-corrected chi connectivity index (χ2v) is 16.4. The van der Waals surface area contributed by atoms with Gasteiger partial charge in [-0.3, -0.25) is 14.4 Å². The second kappa shape index (κ2) is 24.7. The van der Waals surface area contributed by atoms with Crippen molar-refractivity contribution in [3.8, 4) is 0 Å². The number of hydrogen-bond acceptors (Lipinski definition) is 12. The lowest BCUT2D eigenvalue weighted by molar-refractivity contribution is -0.167. The molecule has 0 aliphatic carbocycles. The van der Waals surface area contributed by atoms with Gasteiger partial charge < -0.3 is 44.1 Å². The molecule has 0 radical (unpaired) electrons. The van der Waals surface area contributed by atoms with Gasteiger partial charge in [-0.1, -0.05) is 32.4 Å². The summed E-state index contributed by atoms with van der Waals surface area (Å²) in [6, 6.07) is 11.9. The fourth-order valence-corrected chi connectivity index (χ4v) is 6.29. The molecule has 308 valence electrons. The lowest BCUT2D eigenvalue weighted by atomic mass is 9.72. The maximum absolute atomic E-state index is 12.8. The third-order valence-corrected chi connectivity index (χ3v) is 8.74. The predicted octanol–water partition coefficient (Wildman–Crippen LogP) is 5.69. The van der Waals surface area contributed by atoms with Crippen LogP contribution in [0.1, 0.15) is 90.1 Å². The number of pyridine rings is 1. The van der Waals surface area contributed by atoms with E-state index in [1.165, 1.54) is 23.7 Å². The second-order valence-electron chi connectivity index (χ2n) is 15.5. The maximum Gasteiger partial charge on any atom is 0.329 e. The molecule has 0 unspecified atom stereocenters. The minimum atomic E-state index is -1.04. The average Bonchev–Trinajstić information content (AvgIpc) is 3.10. The summed E-state index contributed by atoms with van der Waals surface area (Å²) in [5.41, 5.74) is 0.678. The number of carboxylic acid groups (broad SMARTS) is 1. The Hall–Kier alpha value is -3.76. The summed E-state index contributed by atoms with van der Waals surface area (Å²) in [4.78, 5) is 52.8. The Labute approximate surface area is 330 Å². The number of aliphatic carboxylic acids is 1. The van der Waals surface area contributed by atoms with Crippen molar-refractivity contribution in [3.05, 3.63) is 53.7 Å². The van der Waals surface area contributed by atoms with E-state index in [1.54, 1.807) is 12.1 Å². The van der Waals surface area contributed by atoms with Gasteiger partial charge in [0.15, 0.2) is 0 Å². The zero-order chi connectivity index (χ0) is 40.7. The van der Waals surface area contributed by atoms with E-state index in [0.717, 1.165) is 37.0 Å². The molecule has 1 aromatic heterocycles. The maximum atomic E-state index is 12.8. The number of carbonyl (C=O) groups excluding carboxylic acids is 3. The number of carbonyl (C=O) groups is 4. The molecule has 1 aromatic carbocycles. The standard InChI is InChI=1S/C40H62N4O10S/c1-38(2,3)54-37(49)40(6,7)29-39(4,5)16-9-8-11-30-12-10-13-32(25-30)55-44-33-15-14-31(26-43-33)36(48)42-18-20-51-21-23-52-27-34(45)41-17-19-50-22-24-53-28-35(46)47/h10,12-15,25-26H,8-9,11,16-24,27-29H2,1-7H3,(H,41,45)(H,42,48)(H,43,44)(H,46,47). The number of nitrogens with one attached hydrogen (secondary N) is 3. The van der Waals surface area contributed by atoms with Crippen molar-refractivity contribution in [2.45, 2.75) is 91.1 Å². The summed E-state index contributed by atoms with van der Waals surface area (Å²) in [5.74, 6) is -1.11. The quantitative estimate of drug-likeness (QED) is 0.0469. The number of rotatable bonds is 28. The van der Waals surface area contributed by atoms with Gasteiger partial charge in [0.1, 0.15) is 24.6 Å². The summed E-state index contributed by atoms with van der Waals surface area (Å²) in [7, 11) is 0. The van der Waals surface area contributed by atoms with E-state index < -0.39 is 17.0 Å². The number of carboxylic acids is 1. The summed E-state index contributed by atoms with van der Waals surface area (Å²) >= 11 is 1.46. The van der Waals surface area contributed by atoms with Crippen LogP contribution in [0.25, 0.3) is 0 Å². The fourth-order valence-electron chi connectivity index (χ4n) is 5.59. The van der Waals surface area contributed by atoms with Gasteiger partial charge in [0.2, 0.25) is 5.91 Å². The number of aryl methyl sites for hydroxylation is 1. The molecule has 2 aromatic rings. The van der Waals surface area contributed by atoms with Crippen molar-refractivity contribution in [3.63, 3.8) is 0 Å². The van der Waals surface area contributed by atoms with Gasteiger partial charge in [-0.15, -0.1) is 0 Å². The first-order chi connectivity index (χ1) is 26.0. The first kappa shape index (κ1) is 47.4. The largest absolute Gasteiger partial charge is 0.480 e. The number of esters is 1. The van der Waals surface area contributed by atoms with Gasteiger partial charge >= 0.3 is 11.9 Å². The van der Waals surface area contributed by atoms with Crippen LogP contribution < -0.4 is 15.4 Å². The van der Waals surface area contributed by atoms with Crippen LogP contribution in [-0.4, -0.2) is 105 Å². The van der Waals surface area contributed by atoms with Crippen LogP contribution in [0.3, 0.4) is 0 Å². The third-order valence-electron chi connectivity index (χ3n) is 7.94. The zero-order valence-corrected chi connectivity index (χ0v) is 34.4. The summed E-state index contributed by atoms with van der Waals surface area (Å²) < 4.78 is 29.7. The molecule has 1 heterocycles. The van der Waals surface area contributed by atoms with Crippen LogP contribution >= 0.6 is 11.9 Å². The Kier molecular flexibility index (Phi) is 21.3. The molecule has 0 atom stereocenters. The molecule has 0 aliphatic heterocycles. The predicted molar refractivity (Wildman–Crippen MR) is 212 cm³/mol. The van der Waals surface area contributed by atoms with E-state index >= 15 is 0 Å². The van der Waals surface area contributed by atoms with Crippen LogP contribution in [0, 0.1) is 10.8 Å². The Morgan fingerprint density at radius 2 is 1.44 bits per heavy atom. The molecular formula is C40H62N4O10S. The van der Waals surface area contributed by atoms with Crippen LogP contribution in [0.15, 0.2) is 47.5 Å². The summed E-state index contributed by atoms with van der Waals surface area (Å²) in [6.45, 7) is 15.7. The summed E-state index contributed by atoms with van der Waals surface area (Å²) in [5, 5.41) is 13.9. The van der Waals surface area contributed by atoms with Gasteiger partial charge in [-0.2, -0.15) is 0 Å². The number of nitrogens with zero attached hydrogens (tertiary/aromatic N) is 1. The topological polar surface area (TPSA) is 184 Å². The number of unbranched alkanes of at least 4 members (excludes halogenated alkanes) is 1. The van der Waals surface area contributed by atoms with Gasteiger partial charge in [-0.25, -0.2) is 9.78 Å². The van der Waals surface area contributed by atoms with Crippen molar-refractivity contribution in [1.29, 1.82) is 0 Å². The molecule has 0 fully saturated rings. The fraction of sp³-hybridized carbons (Fsp3) is 0.625. The molecule has 14 nitrogen and oxygen atoms in total. The number of anilines is 1. The Morgan fingerprint density at radius 1 is 0.782 bits per heavy atom. The van der Waals surface area contributed by atoms with Crippen molar-refractivity contribution in [2.24, 2.45) is 10.8 Å². The smallest absolute Gasteiger partial charge is 0.329 e. The number of aromatic nitrogens is 1. The Morgan fingerprint density at radius 3 is 2.07 bits per heavy atom. The van der Waals surface area contributed by atoms with E-state index in [9.17, 15) is 19.2 Å². The van der Waals surface area contributed by atoms with Crippen LogP contribution in [0.5, 0.6) is 0 Å². The van der Waals surface area contributed by atoms with Crippen molar-refractivity contribution in [1.82, 2.24) is 15.6 Å².